The first-order valence-corrected chi connectivity index (χ1v) is 13.0. The maximum atomic E-state index is 13.7. The van der Waals surface area contributed by atoms with Gasteiger partial charge in [0, 0.05) is 23.9 Å². The zero-order chi connectivity index (χ0) is 28.5. The molecule has 1 aliphatic heterocycles. The lowest BCUT2D eigenvalue weighted by molar-refractivity contribution is -0.150. The third-order valence-corrected chi connectivity index (χ3v) is 6.70. The van der Waals surface area contributed by atoms with Crippen molar-refractivity contribution >= 4 is 23.8 Å². The average Bonchev–Trinajstić information content (AvgIpc) is 3.36. The summed E-state index contributed by atoms with van der Waals surface area (Å²) in [5.74, 6) is -2.21. The summed E-state index contributed by atoms with van der Waals surface area (Å²) in [6, 6.07) is 23.7. The van der Waals surface area contributed by atoms with Gasteiger partial charge in [0.05, 0.1) is 20.1 Å². The van der Waals surface area contributed by atoms with Crippen molar-refractivity contribution < 1.29 is 38.1 Å². The number of esters is 2. The summed E-state index contributed by atoms with van der Waals surface area (Å²) in [6.07, 6.45) is -1.03. The zero-order valence-corrected chi connectivity index (χ0v) is 22.4. The van der Waals surface area contributed by atoms with Gasteiger partial charge in [-0.15, -0.1) is 0 Å². The second kappa shape index (κ2) is 13.4. The van der Waals surface area contributed by atoms with Crippen LogP contribution in [0.15, 0.2) is 84.9 Å². The largest absolute Gasteiger partial charge is 0.469 e. The first-order valence-electron chi connectivity index (χ1n) is 13.0. The van der Waals surface area contributed by atoms with Gasteiger partial charge in [0.25, 0.3) is 0 Å². The molecule has 0 aromatic heterocycles. The number of rotatable bonds is 10. The number of carbonyl (C=O) groups is 4. The van der Waals surface area contributed by atoms with Crippen LogP contribution in [0.25, 0.3) is 0 Å². The van der Waals surface area contributed by atoms with Crippen molar-refractivity contribution in [3.8, 4) is 11.5 Å². The Balaban J connectivity index is 1.58. The third-order valence-electron chi connectivity index (χ3n) is 6.70. The van der Waals surface area contributed by atoms with E-state index in [-0.39, 0.29) is 32.0 Å². The topological polar surface area (TPSA) is 108 Å². The minimum Gasteiger partial charge on any atom is -0.469 e. The number of hydrogen-bond acceptors (Lipinski definition) is 8. The summed E-state index contributed by atoms with van der Waals surface area (Å²) >= 11 is 0. The number of amides is 1. The molecule has 1 heterocycles. The number of hydrogen-bond donors (Lipinski definition) is 0. The van der Waals surface area contributed by atoms with Gasteiger partial charge in [-0.05, 0) is 48.9 Å². The van der Waals surface area contributed by atoms with Gasteiger partial charge in [0.1, 0.15) is 24.1 Å². The molecular formula is C31H31NO8. The number of carbonyl (C=O) groups excluding carboxylic acids is 4. The van der Waals surface area contributed by atoms with Gasteiger partial charge in [-0.3, -0.25) is 14.5 Å². The minimum absolute atomic E-state index is 0.0190. The van der Waals surface area contributed by atoms with E-state index in [1.54, 1.807) is 43.3 Å². The van der Waals surface area contributed by atoms with E-state index in [0.717, 1.165) is 5.56 Å². The fourth-order valence-corrected chi connectivity index (χ4v) is 4.76. The van der Waals surface area contributed by atoms with Crippen molar-refractivity contribution in [3.05, 3.63) is 96.1 Å². The molecule has 0 spiro atoms. The number of para-hydroxylation sites is 1. The summed E-state index contributed by atoms with van der Waals surface area (Å²) < 4.78 is 21.4. The molecule has 0 bridgehead atoms. The van der Waals surface area contributed by atoms with Crippen LogP contribution in [-0.2, 0) is 30.4 Å². The molecule has 40 heavy (non-hydrogen) atoms. The molecule has 9 heteroatoms. The predicted octanol–water partition coefficient (Wildman–Crippen LogP) is 5.04. The van der Waals surface area contributed by atoms with Gasteiger partial charge in [0.15, 0.2) is 5.78 Å². The zero-order valence-electron chi connectivity index (χ0n) is 22.4. The molecule has 0 N–H and O–H groups in total. The van der Waals surface area contributed by atoms with Crippen LogP contribution in [0, 0.1) is 11.8 Å². The number of nitrogens with zero attached hydrogens (tertiary/aromatic N) is 1. The number of Topliss-reactive ketones (excluding diaryl/α,β-unsaturated/α-hetero) is 1. The Labute approximate surface area is 232 Å². The molecule has 9 nitrogen and oxygen atoms in total. The van der Waals surface area contributed by atoms with E-state index in [1.807, 2.05) is 48.5 Å². The van der Waals surface area contributed by atoms with Crippen molar-refractivity contribution in [1.82, 2.24) is 4.90 Å². The molecular weight excluding hydrogens is 514 g/mol. The Morgan fingerprint density at radius 1 is 0.825 bits per heavy atom. The van der Waals surface area contributed by atoms with Crippen molar-refractivity contribution in [2.45, 2.75) is 26.0 Å². The van der Waals surface area contributed by atoms with Gasteiger partial charge in [-0.25, -0.2) is 9.59 Å². The summed E-state index contributed by atoms with van der Waals surface area (Å²) in [4.78, 5) is 53.6. The smallest absolute Gasteiger partial charge is 0.410 e. The molecule has 1 amide bonds. The summed E-state index contributed by atoms with van der Waals surface area (Å²) in [7, 11) is 1.23. The Hall–Kier alpha value is -4.66. The fourth-order valence-electron chi connectivity index (χ4n) is 4.76. The van der Waals surface area contributed by atoms with Crippen LogP contribution in [-0.4, -0.2) is 55.0 Å². The lowest BCUT2D eigenvalue weighted by atomic mass is 9.82. The molecule has 1 saturated heterocycles. The highest BCUT2D eigenvalue weighted by molar-refractivity contribution is 6.00. The summed E-state index contributed by atoms with van der Waals surface area (Å²) in [6.45, 7) is 1.56. The highest BCUT2D eigenvalue weighted by Gasteiger charge is 2.52. The molecule has 208 valence electrons. The molecule has 3 atom stereocenters. The van der Waals surface area contributed by atoms with Crippen molar-refractivity contribution in [1.29, 1.82) is 0 Å². The number of likely N-dealkylation sites (tertiary alicyclic amines) is 1. The maximum absolute atomic E-state index is 13.7. The predicted molar refractivity (Wildman–Crippen MR) is 145 cm³/mol. The van der Waals surface area contributed by atoms with Gasteiger partial charge in [-0.2, -0.15) is 0 Å². The highest BCUT2D eigenvalue weighted by atomic mass is 16.6. The van der Waals surface area contributed by atoms with Crippen LogP contribution >= 0.6 is 0 Å². The van der Waals surface area contributed by atoms with E-state index in [0.29, 0.717) is 17.1 Å². The third kappa shape index (κ3) is 6.85. The molecule has 0 unspecified atom stereocenters. The van der Waals surface area contributed by atoms with Crippen LogP contribution < -0.4 is 4.74 Å². The summed E-state index contributed by atoms with van der Waals surface area (Å²) in [5.41, 5.74) is 1.11. The number of benzene rings is 3. The van der Waals surface area contributed by atoms with Crippen molar-refractivity contribution in [2.24, 2.45) is 11.8 Å². The molecule has 1 fully saturated rings. The lowest BCUT2D eigenvalue weighted by Gasteiger charge is -2.25. The number of methoxy groups -OCH3 is 1. The van der Waals surface area contributed by atoms with Crippen molar-refractivity contribution in [3.63, 3.8) is 0 Å². The molecule has 3 aromatic carbocycles. The first-order chi connectivity index (χ1) is 19.4. The Bertz CT molecular complexity index is 1310. The molecule has 1 aliphatic rings. The Morgan fingerprint density at radius 2 is 1.45 bits per heavy atom. The van der Waals surface area contributed by atoms with Gasteiger partial charge in [0.2, 0.25) is 0 Å². The molecule has 4 rings (SSSR count). The normalized spacial score (nSPS) is 18.1. The van der Waals surface area contributed by atoms with E-state index in [4.69, 9.17) is 18.9 Å². The first kappa shape index (κ1) is 28.4. The van der Waals surface area contributed by atoms with Crippen molar-refractivity contribution in [2.75, 3.05) is 20.3 Å². The molecule has 0 radical (unpaired) electrons. The van der Waals surface area contributed by atoms with E-state index < -0.39 is 35.9 Å². The lowest BCUT2D eigenvalue weighted by Crippen LogP contribution is -2.45. The second-order valence-electron chi connectivity index (χ2n) is 9.24. The molecule has 0 aliphatic carbocycles. The van der Waals surface area contributed by atoms with Gasteiger partial charge < -0.3 is 18.9 Å². The Kier molecular flexibility index (Phi) is 9.51. The minimum atomic E-state index is -1.20. The number of ether oxygens (including phenoxy) is 4. The quantitative estimate of drug-likeness (QED) is 0.198. The second-order valence-corrected chi connectivity index (χ2v) is 9.24. The fraction of sp³-hybridized carbons (Fsp3) is 0.290. The highest BCUT2D eigenvalue weighted by Crippen LogP contribution is 2.37. The monoisotopic (exact) mass is 545 g/mol. The Morgan fingerprint density at radius 3 is 2.08 bits per heavy atom. The molecule has 3 aromatic rings. The van der Waals surface area contributed by atoms with Crippen LogP contribution in [0.3, 0.4) is 0 Å². The summed E-state index contributed by atoms with van der Waals surface area (Å²) in [5, 5.41) is 0. The van der Waals surface area contributed by atoms with Gasteiger partial charge >= 0.3 is 18.0 Å². The van der Waals surface area contributed by atoms with Crippen LogP contribution in [0.4, 0.5) is 4.79 Å². The number of ketones is 1. The van der Waals surface area contributed by atoms with Crippen LogP contribution in [0.1, 0.15) is 29.3 Å². The van der Waals surface area contributed by atoms with E-state index >= 15 is 0 Å². The van der Waals surface area contributed by atoms with E-state index in [1.165, 1.54) is 12.0 Å². The molecule has 0 saturated carbocycles. The van der Waals surface area contributed by atoms with Crippen LogP contribution in [0.2, 0.25) is 0 Å². The van der Waals surface area contributed by atoms with E-state index in [2.05, 4.69) is 0 Å². The SMILES string of the molecule is CCOC(=O)[C@@H]1[C@@H](CC(=O)OC)[C@@H](C(=O)c2ccc(Oc3ccccc3)cc2)CN1C(=O)OCc1ccccc1. The average molecular weight is 546 g/mol. The van der Waals surface area contributed by atoms with Gasteiger partial charge in [-0.1, -0.05) is 48.5 Å². The van der Waals surface area contributed by atoms with E-state index in [9.17, 15) is 19.2 Å². The van der Waals surface area contributed by atoms with Crippen LogP contribution in [0.5, 0.6) is 11.5 Å². The standard InChI is InChI=1S/C31H31NO8/c1-3-38-30(35)28-25(18-27(33)37-2)26(19-32(28)31(36)39-20-21-10-6-4-7-11-21)29(34)22-14-16-24(17-15-22)40-23-12-8-5-9-13-23/h4-17,25-26,28H,3,18-20H2,1-2H3/t25-,26-,28-/m0/s1. The maximum Gasteiger partial charge on any atom is 0.410 e.